The quantitative estimate of drug-likeness (QED) is 0.249. The van der Waals surface area contributed by atoms with Gasteiger partial charge >= 0.3 is 0 Å². The maximum absolute atomic E-state index is 13.1. The molecule has 0 atom stereocenters. The maximum atomic E-state index is 13.1. The molecule has 0 N–H and O–H groups in total. The van der Waals surface area contributed by atoms with Crippen LogP contribution in [0.15, 0.2) is 101 Å². The molecule has 0 unspecified atom stereocenters. The second kappa shape index (κ2) is 8.99. The first-order valence-corrected chi connectivity index (χ1v) is 11.3. The number of hydrogen-bond acceptors (Lipinski definition) is 4. The fraction of sp³-hybridized carbons (Fsp3) is 0.0645. The van der Waals surface area contributed by atoms with Crippen molar-refractivity contribution in [2.75, 3.05) is 0 Å². The lowest BCUT2D eigenvalue weighted by Gasteiger charge is -2.07. The van der Waals surface area contributed by atoms with Gasteiger partial charge in [0.25, 0.3) is 0 Å². The zero-order chi connectivity index (χ0) is 24.5. The van der Waals surface area contributed by atoms with E-state index in [1.165, 1.54) is 0 Å². The summed E-state index contributed by atoms with van der Waals surface area (Å²) in [4.78, 5) is 37.2. The SMILES string of the molecule is CC(=O)c1ccccc1-c1ccc(C(=O)c2cc3cc(-c4ccccc4C(C)=O)ccc3o2)cc1. The van der Waals surface area contributed by atoms with Crippen LogP contribution in [0, 0.1) is 0 Å². The maximum Gasteiger partial charge on any atom is 0.228 e. The average Bonchev–Trinajstić information content (AvgIpc) is 3.32. The molecule has 1 heterocycles. The third-order valence-electron chi connectivity index (χ3n) is 6.12. The molecule has 1 aromatic heterocycles. The van der Waals surface area contributed by atoms with Gasteiger partial charge in [-0.2, -0.15) is 0 Å². The van der Waals surface area contributed by atoms with E-state index in [1.54, 1.807) is 38.1 Å². The second-order valence-corrected chi connectivity index (χ2v) is 8.47. The fourth-order valence-electron chi connectivity index (χ4n) is 4.35. The van der Waals surface area contributed by atoms with E-state index in [2.05, 4.69) is 0 Å². The minimum absolute atomic E-state index is 0.00173. The second-order valence-electron chi connectivity index (χ2n) is 8.47. The van der Waals surface area contributed by atoms with Gasteiger partial charge in [-0.15, -0.1) is 0 Å². The highest BCUT2D eigenvalue weighted by atomic mass is 16.3. The Kier molecular flexibility index (Phi) is 5.71. The molecule has 35 heavy (non-hydrogen) atoms. The van der Waals surface area contributed by atoms with Crippen LogP contribution in [-0.4, -0.2) is 17.3 Å². The molecule has 0 saturated heterocycles. The Morgan fingerprint density at radius 1 is 0.600 bits per heavy atom. The topological polar surface area (TPSA) is 64.3 Å². The standard InChI is InChI=1S/C31H22O4/c1-19(32)25-7-3-5-9-27(25)21-11-13-22(14-12-21)31(34)30-18-24-17-23(15-16-29(24)35-30)28-10-6-4-8-26(28)20(2)33/h3-18H,1-2H3. The van der Waals surface area contributed by atoms with E-state index in [9.17, 15) is 14.4 Å². The molecular formula is C31H22O4. The monoisotopic (exact) mass is 458 g/mol. The molecule has 170 valence electrons. The van der Waals surface area contributed by atoms with Crippen molar-refractivity contribution >= 4 is 28.3 Å². The Morgan fingerprint density at radius 2 is 1.14 bits per heavy atom. The van der Waals surface area contributed by atoms with Crippen LogP contribution < -0.4 is 0 Å². The van der Waals surface area contributed by atoms with Crippen molar-refractivity contribution in [3.63, 3.8) is 0 Å². The van der Waals surface area contributed by atoms with Crippen LogP contribution in [-0.2, 0) is 0 Å². The highest BCUT2D eigenvalue weighted by molar-refractivity contribution is 6.10. The van der Waals surface area contributed by atoms with Crippen LogP contribution in [0.3, 0.4) is 0 Å². The summed E-state index contributed by atoms with van der Waals surface area (Å²) in [6, 6.07) is 29.4. The summed E-state index contributed by atoms with van der Waals surface area (Å²) in [6.07, 6.45) is 0. The van der Waals surface area contributed by atoms with Crippen molar-refractivity contribution in [1.82, 2.24) is 0 Å². The van der Waals surface area contributed by atoms with E-state index in [4.69, 9.17) is 4.42 Å². The predicted octanol–water partition coefficient (Wildman–Crippen LogP) is 7.40. The van der Waals surface area contributed by atoms with Crippen LogP contribution in [0.2, 0.25) is 0 Å². The average molecular weight is 459 g/mol. The minimum atomic E-state index is -0.224. The van der Waals surface area contributed by atoms with Crippen molar-refractivity contribution in [3.05, 3.63) is 120 Å². The number of hydrogen-bond donors (Lipinski definition) is 0. The number of furan rings is 1. The van der Waals surface area contributed by atoms with Gasteiger partial charge in [0, 0.05) is 22.1 Å². The fourth-order valence-corrected chi connectivity index (χ4v) is 4.35. The van der Waals surface area contributed by atoms with E-state index in [-0.39, 0.29) is 23.1 Å². The van der Waals surface area contributed by atoms with Gasteiger partial charge in [-0.3, -0.25) is 14.4 Å². The Morgan fingerprint density at radius 3 is 1.74 bits per heavy atom. The molecule has 5 rings (SSSR count). The predicted molar refractivity (Wildman–Crippen MR) is 137 cm³/mol. The van der Waals surface area contributed by atoms with Crippen LogP contribution in [0.25, 0.3) is 33.2 Å². The first kappa shape index (κ1) is 22.2. The highest BCUT2D eigenvalue weighted by Crippen LogP contribution is 2.30. The lowest BCUT2D eigenvalue weighted by Crippen LogP contribution is -2.00. The number of fused-ring (bicyclic) bond motifs is 1. The third-order valence-corrected chi connectivity index (χ3v) is 6.12. The zero-order valence-corrected chi connectivity index (χ0v) is 19.4. The Labute approximate surface area is 202 Å². The minimum Gasteiger partial charge on any atom is -0.453 e. The van der Waals surface area contributed by atoms with Crippen LogP contribution >= 0.6 is 0 Å². The van der Waals surface area contributed by atoms with Crippen molar-refractivity contribution < 1.29 is 18.8 Å². The van der Waals surface area contributed by atoms with Gasteiger partial charge in [0.15, 0.2) is 17.3 Å². The van der Waals surface area contributed by atoms with Crippen LogP contribution in [0.4, 0.5) is 0 Å². The molecule has 4 heteroatoms. The summed E-state index contributed by atoms with van der Waals surface area (Å²) in [5.74, 6) is 0.0126. The highest BCUT2D eigenvalue weighted by Gasteiger charge is 2.17. The molecule has 0 spiro atoms. The summed E-state index contributed by atoms with van der Waals surface area (Å²) in [6.45, 7) is 3.10. The molecule has 0 amide bonds. The summed E-state index contributed by atoms with van der Waals surface area (Å²) >= 11 is 0. The lowest BCUT2D eigenvalue weighted by atomic mass is 9.96. The van der Waals surface area contributed by atoms with E-state index in [0.29, 0.717) is 22.3 Å². The van der Waals surface area contributed by atoms with Gasteiger partial charge < -0.3 is 4.42 Å². The molecular weight excluding hydrogens is 436 g/mol. The molecule has 0 aliphatic rings. The number of ketones is 3. The van der Waals surface area contributed by atoms with E-state index >= 15 is 0 Å². The Hall–Kier alpha value is -4.57. The van der Waals surface area contributed by atoms with E-state index in [1.807, 2.05) is 72.8 Å². The van der Waals surface area contributed by atoms with Gasteiger partial charge in [0.2, 0.25) is 5.78 Å². The smallest absolute Gasteiger partial charge is 0.228 e. The van der Waals surface area contributed by atoms with Gasteiger partial charge in [-0.1, -0.05) is 78.9 Å². The normalized spacial score (nSPS) is 10.9. The summed E-state index contributed by atoms with van der Waals surface area (Å²) in [5.41, 5.74) is 5.82. The largest absolute Gasteiger partial charge is 0.453 e. The van der Waals surface area contributed by atoms with Crippen molar-refractivity contribution in [3.8, 4) is 22.3 Å². The number of carbonyl (C=O) groups excluding carboxylic acids is 3. The number of benzene rings is 4. The van der Waals surface area contributed by atoms with Gasteiger partial charge in [-0.05, 0) is 54.3 Å². The van der Waals surface area contributed by atoms with Gasteiger partial charge in [0.1, 0.15) is 5.58 Å². The van der Waals surface area contributed by atoms with E-state index < -0.39 is 0 Å². The zero-order valence-electron chi connectivity index (χ0n) is 19.4. The van der Waals surface area contributed by atoms with E-state index in [0.717, 1.165) is 27.6 Å². The van der Waals surface area contributed by atoms with Crippen molar-refractivity contribution in [2.24, 2.45) is 0 Å². The molecule has 0 bridgehead atoms. The van der Waals surface area contributed by atoms with Crippen molar-refractivity contribution in [1.29, 1.82) is 0 Å². The molecule has 0 saturated carbocycles. The lowest BCUT2D eigenvalue weighted by molar-refractivity contribution is 0.100. The van der Waals surface area contributed by atoms with Crippen molar-refractivity contribution in [2.45, 2.75) is 13.8 Å². The third kappa shape index (κ3) is 4.22. The van der Waals surface area contributed by atoms with Gasteiger partial charge in [-0.25, -0.2) is 0 Å². The number of carbonyl (C=O) groups is 3. The molecule has 0 aliphatic heterocycles. The van der Waals surface area contributed by atoms with Crippen LogP contribution in [0.5, 0.6) is 0 Å². The number of rotatable bonds is 6. The molecule has 0 fully saturated rings. The molecule has 0 aliphatic carbocycles. The summed E-state index contributed by atoms with van der Waals surface area (Å²) in [5, 5.41) is 0.788. The number of Topliss-reactive ketones (excluding diaryl/α,β-unsaturated/α-hetero) is 2. The molecule has 5 aromatic rings. The molecule has 0 radical (unpaired) electrons. The van der Waals surface area contributed by atoms with Gasteiger partial charge in [0.05, 0.1) is 0 Å². The summed E-state index contributed by atoms with van der Waals surface area (Å²) < 4.78 is 5.86. The first-order valence-electron chi connectivity index (χ1n) is 11.3. The Bertz CT molecular complexity index is 1600. The Balaban J connectivity index is 1.46. The molecule has 4 nitrogen and oxygen atoms in total. The molecule has 4 aromatic carbocycles. The summed E-state index contributed by atoms with van der Waals surface area (Å²) in [7, 11) is 0. The van der Waals surface area contributed by atoms with Crippen LogP contribution in [0.1, 0.15) is 50.7 Å². The first-order chi connectivity index (χ1) is 16.9.